The minimum absolute atomic E-state index is 0.0161. The van der Waals surface area contributed by atoms with Gasteiger partial charge in [0.1, 0.15) is 11.5 Å². The Balaban J connectivity index is 1.46. The van der Waals surface area contributed by atoms with Crippen LogP contribution in [0.2, 0.25) is 5.02 Å². The summed E-state index contributed by atoms with van der Waals surface area (Å²) in [6.45, 7) is 2.58. The van der Waals surface area contributed by atoms with Crippen LogP contribution in [0.3, 0.4) is 0 Å². The number of benzene rings is 4. The van der Waals surface area contributed by atoms with Crippen molar-refractivity contribution in [1.29, 1.82) is 0 Å². The predicted molar refractivity (Wildman–Crippen MR) is 165 cm³/mol. The number of carbonyl (C=O) groups is 2. The van der Waals surface area contributed by atoms with E-state index in [1.54, 1.807) is 54.6 Å². The summed E-state index contributed by atoms with van der Waals surface area (Å²) >= 11 is 9.24. The number of halogens is 2. The number of para-hydroxylation sites is 1. The van der Waals surface area contributed by atoms with Gasteiger partial charge in [0.25, 0.3) is 15.9 Å². The average Bonchev–Trinajstić information content (AvgIpc) is 2.98. The van der Waals surface area contributed by atoms with Crippen LogP contribution in [0.1, 0.15) is 39.6 Å². The van der Waals surface area contributed by atoms with Crippen molar-refractivity contribution < 1.29 is 27.5 Å². The molecule has 0 fully saturated rings. The van der Waals surface area contributed by atoms with Crippen molar-refractivity contribution >= 4 is 61.3 Å². The molecular formula is C30H25BrClN3O6S. The number of anilines is 1. The van der Waals surface area contributed by atoms with Crippen molar-refractivity contribution in [1.82, 2.24) is 5.43 Å². The van der Waals surface area contributed by atoms with Crippen molar-refractivity contribution in [2.24, 2.45) is 5.10 Å². The summed E-state index contributed by atoms with van der Waals surface area (Å²) in [7, 11) is -3.99. The quantitative estimate of drug-likeness (QED) is 0.0795. The third-order valence-electron chi connectivity index (χ3n) is 5.65. The van der Waals surface area contributed by atoms with E-state index in [4.69, 9.17) is 21.1 Å². The maximum atomic E-state index is 12.9. The Morgan fingerprint density at radius 1 is 0.976 bits per heavy atom. The Morgan fingerprint density at radius 2 is 1.69 bits per heavy atom. The standard InChI is InChI=1S/C30H25BrClN3O6S/c1-2-17-40-24-12-7-20(8-13-24)30(37)41-28-16-9-22(31)18-21(28)19-33-34-29(36)26-5-3-4-6-27(26)35-42(38,39)25-14-10-23(32)11-15-25/h3-16,18-19,35H,2,17H2,1H3,(H,34,36)/b33-19-. The summed E-state index contributed by atoms with van der Waals surface area (Å²) in [5.74, 6) is -0.386. The lowest BCUT2D eigenvalue weighted by Gasteiger charge is -2.12. The fourth-order valence-electron chi connectivity index (χ4n) is 3.59. The fraction of sp³-hybridized carbons (Fsp3) is 0.100. The van der Waals surface area contributed by atoms with Crippen LogP contribution in [0, 0.1) is 0 Å². The molecule has 12 heteroatoms. The van der Waals surface area contributed by atoms with Crippen LogP contribution >= 0.6 is 27.5 Å². The summed E-state index contributed by atoms with van der Waals surface area (Å²) in [4.78, 5) is 25.7. The van der Waals surface area contributed by atoms with Crippen molar-refractivity contribution in [2.75, 3.05) is 11.3 Å². The summed E-state index contributed by atoms with van der Waals surface area (Å²) in [6, 6.07) is 23.3. The van der Waals surface area contributed by atoms with Crippen molar-refractivity contribution in [3.63, 3.8) is 0 Å². The van der Waals surface area contributed by atoms with Gasteiger partial charge in [0.15, 0.2) is 0 Å². The Labute approximate surface area is 256 Å². The topological polar surface area (TPSA) is 123 Å². The fourth-order valence-corrected chi connectivity index (χ4v) is 5.17. The molecule has 0 atom stereocenters. The van der Waals surface area contributed by atoms with Crippen molar-refractivity contribution in [2.45, 2.75) is 18.2 Å². The lowest BCUT2D eigenvalue weighted by Crippen LogP contribution is -2.21. The zero-order valence-corrected chi connectivity index (χ0v) is 25.4. The number of hydrogen-bond donors (Lipinski definition) is 2. The van der Waals surface area contributed by atoms with Gasteiger partial charge >= 0.3 is 5.97 Å². The molecule has 0 aliphatic carbocycles. The van der Waals surface area contributed by atoms with E-state index in [1.165, 1.54) is 42.6 Å². The van der Waals surface area contributed by atoms with Gasteiger partial charge in [-0.2, -0.15) is 5.10 Å². The van der Waals surface area contributed by atoms with E-state index in [2.05, 4.69) is 31.2 Å². The smallest absolute Gasteiger partial charge is 0.343 e. The van der Waals surface area contributed by atoms with E-state index in [0.29, 0.717) is 33.0 Å². The lowest BCUT2D eigenvalue weighted by atomic mass is 10.2. The van der Waals surface area contributed by atoms with Gasteiger partial charge in [0.2, 0.25) is 0 Å². The molecule has 0 heterocycles. The second-order valence-electron chi connectivity index (χ2n) is 8.75. The van der Waals surface area contributed by atoms with Gasteiger partial charge in [0, 0.05) is 15.1 Å². The molecule has 0 saturated heterocycles. The molecule has 2 N–H and O–H groups in total. The van der Waals surface area contributed by atoms with Crippen LogP contribution in [0.4, 0.5) is 5.69 Å². The van der Waals surface area contributed by atoms with E-state index in [0.717, 1.165) is 6.42 Å². The Hall–Kier alpha value is -4.19. The molecule has 9 nitrogen and oxygen atoms in total. The largest absolute Gasteiger partial charge is 0.494 e. The van der Waals surface area contributed by atoms with E-state index in [1.807, 2.05) is 6.92 Å². The SMILES string of the molecule is CCCOc1ccc(C(=O)Oc2ccc(Br)cc2/C=N\NC(=O)c2ccccc2NS(=O)(=O)c2ccc(Cl)cc2)cc1. The first kappa shape index (κ1) is 30.8. The molecule has 216 valence electrons. The summed E-state index contributed by atoms with van der Waals surface area (Å²) < 4.78 is 39.9. The Kier molecular flexibility index (Phi) is 10.3. The number of nitrogens with zero attached hydrogens (tertiary/aromatic N) is 1. The highest BCUT2D eigenvalue weighted by molar-refractivity contribution is 9.10. The number of nitrogens with one attached hydrogen (secondary N) is 2. The maximum Gasteiger partial charge on any atom is 0.343 e. The summed E-state index contributed by atoms with van der Waals surface area (Å²) in [6.07, 6.45) is 2.18. The third kappa shape index (κ3) is 8.19. The zero-order chi connectivity index (χ0) is 30.1. The molecule has 0 bridgehead atoms. The van der Waals surface area contributed by atoms with Gasteiger partial charge < -0.3 is 9.47 Å². The number of esters is 1. The number of carbonyl (C=O) groups excluding carboxylic acids is 2. The molecule has 0 aliphatic heterocycles. The van der Waals surface area contributed by atoms with Gasteiger partial charge in [-0.25, -0.2) is 18.6 Å². The van der Waals surface area contributed by atoms with Crippen molar-refractivity contribution in [3.05, 3.63) is 117 Å². The molecule has 0 aliphatic rings. The first-order chi connectivity index (χ1) is 20.2. The summed E-state index contributed by atoms with van der Waals surface area (Å²) in [5.41, 5.74) is 3.21. The monoisotopic (exact) mass is 669 g/mol. The van der Waals surface area contributed by atoms with Crippen LogP contribution in [-0.2, 0) is 10.0 Å². The van der Waals surface area contributed by atoms with Crippen LogP contribution < -0.4 is 19.6 Å². The van der Waals surface area contributed by atoms with E-state index in [9.17, 15) is 18.0 Å². The van der Waals surface area contributed by atoms with Gasteiger partial charge in [0.05, 0.1) is 34.5 Å². The molecule has 0 radical (unpaired) electrons. The Bertz CT molecular complexity index is 1710. The first-order valence-corrected chi connectivity index (χ1v) is 15.3. The van der Waals surface area contributed by atoms with E-state index in [-0.39, 0.29) is 21.9 Å². The van der Waals surface area contributed by atoms with E-state index >= 15 is 0 Å². The third-order valence-corrected chi connectivity index (χ3v) is 7.77. The maximum absolute atomic E-state index is 12.9. The molecule has 4 aromatic carbocycles. The van der Waals surface area contributed by atoms with Gasteiger partial charge in [-0.05, 0) is 85.3 Å². The predicted octanol–water partition coefficient (Wildman–Crippen LogP) is 6.68. The highest BCUT2D eigenvalue weighted by atomic mass is 79.9. The molecule has 0 aromatic heterocycles. The summed E-state index contributed by atoms with van der Waals surface area (Å²) in [5, 5.41) is 4.39. The molecule has 1 amide bonds. The van der Waals surface area contributed by atoms with Gasteiger partial charge in [-0.3, -0.25) is 9.52 Å². The lowest BCUT2D eigenvalue weighted by molar-refractivity contribution is 0.0734. The minimum atomic E-state index is -3.99. The number of hydrazone groups is 1. The molecule has 0 unspecified atom stereocenters. The molecule has 42 heavy (non-hydrogen) atoms. The normalized spacial score (nSPS) is 11.2. The van der Waals surface area contributed by atoms with E-state index < -0.39 is 21.9 Å². The second kappa shape index (κ2) is 14.1. The molecule has 0 saturated carbocycles. The van der Waals surface area contributed by atoms with Gasteiger partial charge in [-0.1, -0.05) is 46.6 Å². The van der Waals surface area contributed by atoms with Crippen LogP contribution in [0.25, 0.3) is 0 Å². The number of ether oxygens (including phenoxy) is 2. The van der Waals surface area contributed by atoms with Crippen LogP contribution in [0.5, 0.6) is 11.5 Å². The Morgan fingerprint density at radius 3 is 2.40 bits per heavy atom. The highest BCUT2D eigenvalue weighted by Gasteiger charge is 2.19. The van der Waals surface area contributed by atoms with Crippen LogP contribution in [0.15, 0.2) is 105 Å². The second-order valence-corrected chi connectivity index (χ2v) is 11.8. The minimum Gasteiger partial charge on any atom is -0.494 e. The average molecular weight is 671 g/mol. The zero-order valence-electron chi connectivity index (χ0n) is 22.2. The highest BCUT2D eigenvalue weighted by Crippen LogP contribution is 2.24. The molecule has 4 aromatic rings. The molecule has 0 spiro atoms. The van der Waals surface area contributed by atoms with Crippen LogP contribution in [-0.4, -0.2) is 33.1 Å². The number of hydrogen-bond acceptors (Lipinski definition) is 7. The van der Waals surface area contributed by atoms with Crippen molar-refractivity contribution in [3.8, 4) is 11.5 Å². The number of rotatable bonds is 11. The first-order valence-electron chi connectivity index (χ1n) is 12.6. The van der Waals surface area contributed by atoms with Gasteiger partial charge in [-0.15, -0.1) is 0 Å². The number of sulfonamides is 1. The number of amides is 1. The molecule has 4 rings (SSSR count). The molecular weight excluding hydrogens is 646 g/mol.